The lowest BCUT2D eigenvalue weighted by atomic mass is 10.1. The molecular weight excluding hydrogens is 339 g/mol. The second-order valence-corrected chi connectivity index (χ2v) is 6.64. The first-order chi connectivity index (χ1) is 12.2. The predicted molar refractivity (Wildman–Crippen MR) is 99.6 cm³/mol. The van der Waals surface area contributed by atoms with Crippen molar-refractivity contribution in [3.63, 3.8) is 0 Å². The molecule has 0 aliphatic heterocycles. The van der Waals surface area contributed by atoms with Crippen LogP contribution < -0.4 is 16.0 Å². The highest BCUT2D eigenvalue weighted by atomic mass is 19.1. The van der Waals surface area contributed by atoms with E-state index in [0.29, 0.717) is 31.2 Å². The number of hydrogen-bond donors (Lipinski definition) is 4. The van der Waals surface area contributed by atoms with Crippen LogP contribution in [-0.4, -0.2) is 48.9 Å². The number of hydrogen-bond acceptors (Lipinski definition) is 4. The Morgan fingerprint density at radius 3 is 2.38 bits per heavy atom. The SMILES string of the molecule is CCNC(=NCC(O)c1ccc(F)cc1)NCCNC(=O)OC(C)(C)C. The average molecular weight is 368 g/mol. The Labute approximate surface area is 154 Å². The normalized spacial score (nSPS) is 13.1. The van der Waals surface area contributed by atoms with Gasteiger partial charge in [0.15, 0.2) is 5.96 Å². The smallest absolute Gasteiger partial charge is 0.407 e. The van der Waals surface area contributed by atoms with Crippen molar-refractivity contribution >= 4 is 12.1 Å². The molecule has 0 fully saturated rings. The number of benzene rings is 1. The third-order valence-electron chi connectivity index (χ3n) is 3.11. The van der Waals surface area contributed by atoms with Crippen LogP contribution in [0, 0.1) is 5.82 Å². The van der Waals surface area contributed by atoms with Gasteiger partial charge in [0, 0.05) is 19.6 Å². The Morgan fingerprint density at radius 1 is 1.19 bits per heavy atom. The molecule has 1 amide bonds. The van der Waals surface area contributed by atoms with E-state index in [1.807, 2.05) is 6.92 Å². The van der Waals surface area contributed by atoms with E-state index in [0.717, 1.165) is 0 Å². The largest absolute Gasteiger partial charge is 0.444 e. The molecule has 146 valence electrons. The molecule has 7 nitrogen and oxygen atoms in total. The number of carbonyl (C=O) groups excluding carboxylic acids is 1. The number of carbonyl (C=O) groups is 1. The van der Waals surface area contributed by atoms with Crippen LogP contribution in [-0.2, 0) is 4.74 Å². The number of nitrogens with one attached hydrogen (secondary N) is 3. The monoisotopic (exact) mass is 368 g/mol. The van der Waals surface area contributed by atoms with Gasteiger partial charge in [0.2, 0.25) is 0 Å². The van der Waals surface area contributed by atoms with Crippen molar-refractivity contribution in [2.24, 2.45) is 4.99 Å². The van der Waals surface area contributed by atoms with E-state index in [-0.39, 0.29) is 12.4 Å². The van der Waals surface area contributed by atoms with Crippen molar-refractivity contribution in [3.8, 4) is 0 Å². The number of ether oxygens (including phenoxy) is 1. The molecule has 4 N–H and O–H groups in total. The molecule has 1 aromatic rings. The second kappa shape index (κ2) is 10.6. The zero-order chi connectivity index (χ0) is 19.6. The summed E-state index contributed by atoms with van der Waals surface area (Å²) in [7, 11) is 0. The van der Waals surface area contributed by atoms with E-state index in [9.17, 15) is 14.3 Å². The number of guanidine groups is 1. The molecule has 1 aromatic carbocycles. The van der Waals surface area contributed by atoms with Crippen molar-refractivity contribution in [2.75, 3.05) is 26.2 Å². The molecule has 0 aliphatic rings. The maximum absolute atomic E-state index is 12.9. The first-order valence-corrected chi connectivity index (χ1v) is 8.64. The molecule has 0 radical (unpaired) electrons. The summed E-state index contributed by atoms with van der Waals surface area (Å²) in [5, 5.41) is 18.9. The van der Waals surface area contributed by atoms with Crippen molar-refractivity contribution in [1.82, 2.24) is 16.0 Å². The van der Waals surface area contributed by atoms with E-state index in [1.165, 1.54) is 24.3 Å². The van der Waals surface area contributed by atoms with Gasteiger partial charge in [0.1, 0.15) is 11.4 Å². The third-order valence-corrected chi connectivity index (χ3v) is 3.11. The number of alkyl carbamates (subject to hydrolysis) is 1. The maximum atomic E-state index is 12.9. The molecule has 0 saturated carbocycles. The van der Waals surface area contributed by atoms with Crippen molar-refractivity contribution < 1.29 is 19.0 Å². The lowest BCUT2D eigenvalue weighted by molar-refractivity contribution is 0.0529. The number of nitrogens with zero attached hydrogens (tertiary/aromatic N) is 1. The summed E-state index contributed by atoms with van der Waals surface area (Å²) in [6.07, 6.45) is -1.31. The molecule has 0 saturated heterocycles. The van der Waals surface area contributed by atoms with Gasteiger partial charge in [-0.05, 0) is 45.4 Å². The Balaban J connectivity index is 2.43. The van der Waals surface area contributed by atoms with E-state index in [4.69, 9.17) is 4.74 Å². The number of aliphatic hydroxyl groups is 1. The number of halogens is 1. The topological polar surface area (TPSA) is 95.0 Å². The van der Waals surface area contributed by atoms with Gasteiger partial charge in [-0.2, -0.15) is 0 Å². The van der Waals surface area contributed by atoms with Gasteiger partial charge in [-0.25, -0.2) is 9.18 Å². The second-order valence-electron chi connectivity index (χ2n) is 6.64. The maximum Gasteiger partial charge on any atom is 0.407 e. The van der Waals surface area contributed by atoms with Gasteiger partial charge < -0.3 is 25.8 Å². The molecule has 0 heterocycles. The summed E-state index contributed by atoms with van der Waals surface area (Å²) in [5.74, 6) is 0.164. The average Bonchev–Trinajstić information content (AvgIpc) is 2.55. The van der Waals surface area contributed by atoms with Crippen LogP contribution in [0.4, 0.5) is 9.18 Å². The number of rotatable bonds is 7. The van der Waals surface area contributed by atoms with Crippen LogP contribution >= 0.6 is 0 Å². The summed E-state index contributed by atoms with van der Waals surface area (Å²) >= 11 is 0. The minimum absolute atomic E-state index is 0.125. The van der Waals surface area contributed by atoms with E-state index in [1.54, 1.807) is 20.8 Å². The number of aliphatic hydroxyl groups excluding tert-OH is 1. The molecule has 0 bridgehead atoms. The van der Waals surface area contributed by atoms with Crippen LogP contribution in [0.5, 0.6) is 0 Å². The van der Waals surface area contributed by atoms with Crippen molar-refractivity contribution in [3.05, 3.63) is 35.6 Å². The summed E-state index contributed by atoms with van der Waals surface area (Å²) in [6.45, 7) is 8.90. The molecule has 1 rings (SSSR count). The van der Waals surface area contributed by atoms with Crippen LogP contribution in [0.2, 0.25) is 0 Å². The highest BCUT2D eigenvalue weighted by molar-refractivity contribution is 5.79. The summed E-state index contributed by atoms with van der Waals surface area (Å²) in [5.41, 5.74) is 0.0577. The molecule has 8 heteroatoms. The Hall–Kier alpha value is -2.35. The zero-order valence-corrected chi connectivity index (χ0v) is 15.8. The lowest BCUT2D eigenvalue weighted by Gasteiger charge is -2.20. The van der Waals surface area contributed by atoms with Gasteiger partial charge in [0.25, 0.3) is 0 Å². The fraction of sp³-hybridized carbons (Fsp3) is 0.556. The van der Waals surface area contributed by atoms with Gasteiger partial charge in [-0.3, -0.25) is 4.99 Å². The summed E-state index contributed by atoms with van der Waals surface area (Å²) in [6, 6.07) is 5.66. The number of aliphatic imine (C=N–C) groups is 1. The van der Waals surface area contributed by atoms with Gasteiger partial charge in [-0.1, -0.05) is 12.1 Å². The van der Waals surface area contributed by atoms with E-state index >= 15 is 0 Å². The van der Waals surface area contributed by atoms with Crippen LogP contribution in [0.25, 0.3) is 0 Å². The quantitative estimate of drug-likeness (QED) is 0.335. The molecule has 1 unspecified atom stereocenters. The lowest BCUT2D eigenvalue weighted by Crippen LogP contribution is -2.42. The first-order valence-electron chi connectivity index (χ1n) is 8.64. The van der Waals surface area contributed by atoms with Crippen molar-refractivity contribution in [2.45, 2.75) is 39.4 Å². The number of amides is 1. The van der Waals surface area contributed by atoms with Crippen LogP contribution in [0.1, 0.15) is 39.4 Å². The Kier molecular flexibility index (Phi) is 8.84. The van der Waals surface area contributed by atoms with Crippen LogP contribution in [0.15, 0.2) is 29.3 Å². The fourth-order valence-electron chi connectivity index (χ4n) is 1.97. The molecule has 0 spiro atoms. The van der Waals surface area contributed by atoms with Crippen molar-refractivity contribution in [1.29, 1.82) is 0 Å². The highest BCUT2D eigenvalue weighted by Gasteiger charge is 2.15. The predicted octanol–water partition coefficient (Wildman–Crippen LogP) is 1.94. The third kappa shape index (κ3) is 9.22. The molecule has 1 atom stereocenters. The van der Waals surface area contributed by atoms with Gasteiger partial charge in [-0.15, -0.1) is 0 Å². The summed E-state index contributed by atoms with van der Waals surface area (Å²) in [4.78, 5) is 15.9. The molecular formula is C18H29FN4O3. The Bertz CT molecular complexity index is 585. The molecule has 0 aromatic heterocycles. The minimum Gasteiger partial charge on any atom is -0.444 e. The minimum atomic E-state index is -0.828. The fourth-order valence-corrected chi connectivity index (χ4v) is 1.97. The zero-order valence-electron chi connectivity index (χ0n) is 15.8. The molecule has 0 aliphatic carbocycles. The Morgan fingerprint density at radius 2 is 1.81 bits per heavy atom. The molecule has 26 heavy (non-hydrogen) atoms. The van der Waals surface area contributed by atoms with Gasteiger partial charge in [0.05, 0.1) is 12.6 Å². The van der Waals surface area contributed by atoms with Crippen LogP contribution in [0.3, 0.4) is 0 Å². The first kappa shape index (κ1) is 21.7. The summed E-state index contributed by atoms with van der Waals surface area (Å²) < 4.78 is 18.1. The highest BCUT2D eigenvalue weighted by Crippen LogP contribution is 2.13. The van der Waals surface area contributed by atoms with Gasteiger partial charge >= 0.3 is 6.09 Å². The standard InChI is InChI=1S/C18H29FN4O3/c1-5-20-16(21-10-11-22-17(25)26-18(2,3)4)23-12-15(24)13-6-8-14(19)9-7-13/h6-9,15,24H,5,10-12H2,1-4H3,(H,22,25)(H2,20,21,23). The van der Waals surface area contributed by atoms with E-state index in [2.05, 4.69) is 20.9 Å². The van der Waals surface area contributed by atoms with E-state index < -0.39 is 17.8 Å².